The number of benzene rings is 2. The maximum atomic E-state index is 12.4. The van der Waals surface area contributed by atoms with Gasteiger partial charge in [0.15, 0.2) is 0 Å². The minimum atomic E-state index is -3.44. The Bertz CT molecular complexity index is 923. The van der Waals surface area contributed by atoms with Gasteiger partial charge in [-0.05, 0) is 49.2 Å². The number of hydrogen-bond acceptors (Lipinski definition) is 4. The Hall–Kier alpha value is -2.87. The lowest BCUT2D eigenvalue weighted by Gasteiger charge is -2.11. The number of nitrogens with one attached hydrogen (secondary N) is 2. The number of sulfonamides is 1. The van der Waals surface area contributed by atoms with Crippen LogP contribution in [-0.4, -0.2) is 31.2 Å². The summed E-state index contributed by atoms with van der Waals surface area (Å²) in [4.78, 5) is 23.4. The predicted octanol–water partition coefficient (Wildman–Crippen LogP) is 3.28. The summed E-state index contributed by atoms with van der Waals surface area (Å²) in [7, 11) is -3.44. The summed E-state index contributed by atoms with van der Waals surface area (Å²) in [5, 5.41) is 11.7. The van der Waals surface area contributed by atoms with E-state index in [0.717, 1.165) is 0 Å². The van der Waals surface area contributed by atoms with Gasteiger partial charge in [0.05, 0.1) is 11.7 Å². The van der Waals surface area contributed by atoms with Crippen LogP contribution in [0.15, 0.2) is 48.5 Å². The Labute approximate surface area is 158 Å². The largest absolute Gasteiger partial charge is 0.481 e. The van der Waals surface area contributed by atoms with Crippen molar-refractivity contribution in [3.05, 3.63) is 59.7 Å². The Morgan fingerprint density at radius 2 is 1.74 bits per heavy atom. The third-order valence-corrected chi connectivity index (χ3v) is 5.40. The fourth-order valence-electron chi connectivity index (χ4n) is 2.42. The smallest absolute Gasteiger partial charge is 0.310 e. The van der Waals surface area contributed by atoms with Crippen LogP contribution in [0.3, 0.4) is 0 Å². The molecule has 1 unspecified atom stereocenters. The van der Waals surface area contributed by atoms with E-state index in [4.69, 9.17) is 5.11 Å². The van der Waals surface area contributed by atoms with Gasteiger partial charge >= 0.3 is 5.97 Å². The van der Waals surface area contributed by atoms with Crippen molar-refractivity contribution in [1.82, 2.24) is 0 Å². The first kappa shape index (κ1) is 20.4. The van der Waals surface area contributed by atoms with Crippen molar-refractivity contribution in [2.75, 3.05) is 15.8 Å². The summed E-state index contributed by atoms with van der Waals surface area (Å²) < 4.78 is 26.2. The van der Waals surface area contributed by atoms with Crippen molar-refractivity contribution in [1.29, 1.82) is 0 Å². The highest BCUT2D eigenvalue weighted by Crippen LogP contribution is 2.19. The lowest BCUT2D eigenvalue weighted by Crippen LogP contribution is -2.17. The first-order valence-electron chi connectivity index (χ1n) is 8.46. The molecule has 0 heterocycles. The molecule has 144 valence electrons. The van der Waals surface area contributed by atoms with Crippen LogP contribution in [0.4, 0.5) is 11.4 Å². The van der Waals surface area contributed by atoms with Crippen LogP contribution in [0.2, 0.25) is 0 Å². The average molecular weight is 390 g/mol. The number of carbonyl (C=O) groups excluding carboxylic acids is 1. The van der Waals surface area contributed by atoms with Gasteiger partial charge in [-0.25, -0.2) is 8.42 Å². The van der Waals surface area contributed by atoms with Gasteiger partial charge in [-0.15, -0.1) is 0 Å². The van der Waals surface area contributed by atoms with Crippen LogP contribution in [0, 0.1) is 0 Å². The lowest BCUT2D eigenvalue weighted by atomic mass is 10.0. The van der Waals surface area contributed by atoms with Crippen LogP contribution in [-0.2, 0) is 14.8 Å². The fraction of sp³-hybridized carbons (Fsp3) is 0.263. The van der Waals surface area contributed by atoms with E-state index in [-0.39, 0.29) is 5.75 Å². The highest BCUT2D eigenvalue weighted by atomic mass is 32.2. The maximum absolute atomic E-state index is 12.4. The molecule has 0 spiro atoms. The molecule has 0 saturated carbocycles. The Morgan fingerprint density at radius 3 is 2.33 bits per heavy atom. The third kappa shape index (κ3) is 5.82. The van der Waals surface area contributed by atoms with Gasteiger partial charge in [0, 0.05) is 16.9 Å². The Balaban J connectivity index is 2.10. The zero-order valence-electron chi connectivity index (χ0n) is 15.1. The molecule has 3 N–H and O–H groups in total. The van der Waals surface area contributed by atoms with Crippen molar-refractivity contribution in [3.63, 3.8) is 0 Å². The number of carbonyl (C=O) groups is 2. The summed E-state index contributed by atoms with van der Waals surface area (Å²) in [5.41, 5.74) is 1.77. The standard InChI is InChI=1S/C19H22N2O5S/c1-3-11-27(25,26)21-17-6-4-5-15(12-17)18(22)20-16-9-7-14(8-10-16)13(2)19(23)24/h4-10,12-13,21H,3,11H2,1-2H3,(H,20,22)(H,23,24). The van der Waals surface area contributed by atoms with Crippen LogP contribution in [0.25, 0.3) is 0 Å². The van der Waals surface area contributed by atoms with E-state index in [2.05, 4.69) is 10.0 Å². The zero-order valence-corrected chi connectivity index (χ0v) is 15.9. The molecule has 0 radical (unpaired) electrons. The van der Waals surface area contributed by atoms with E-state index in [0.29, 0.717) is 28.9 Å². The van der Waals surface area contributed by atoms with Crippen LogP contribution in [0.5, 0.6) is 0 Å². The summed E-state index contributed by atoms with van der Waals surface area (Å²) in [5.74, 6) is -1.95. The molecular weight excluding hydrogens is 368 g/mol. The topological polar surface area (TPSA) is 113 Å². The number of anilines is 2. The fourth-order valence-corrected chi connectivity index (χ4v) is 3.55. The summed E-state index contributed by atoms with van der Waals surface area (Å²) in [6.45, 7) is 3.35. The molecule has 1 atom stereocenters. The monoisotopic (exact) mass is 390 g/mol. The number of amides is 1. The van der Waals surface area contributed by atoms with Crippen LogP contribution < -0.4 is 10.0 Å². The van der Waals surface area contributed by atoms with Gasteiger partial charge in [0.2, 0.25) is 10.0 Å². The summed E-state index contributed by atoms with van der Waals surface area (Å²) in [6.07, 6.45) is 0.492. The first-order valence-corrected chi connectivity index (χ1v) is 10.1. The van der Waals surface area contributed by atoms with Crippen molar-refractivity contribution >= 4 is 33.3 Å². The van der Waals surface area contributed by atoms with Crippen molar-refractivity contribution in [2.24, 2.45) is 0 Å². The van der Waals surface area contributed by atoms with Gasteiger partial charge in [-0.3, -0.25) is 14.3 Å². The summed E-state index contributed by atoms with van der Waals surface area (Å²) in [6, 6.07) is 12.7. The number of carboxylic acids is 1. The van der Waals surface area contributed by atoms with Gasteiger partial charge in [0.25, 0.3) is 5.91 Å². The third-order valence-electron chi connectivity index (χ3n) is 3.91. The van der Waals surface area contributed by atoms with E-state index in [1.54, 1.807) is 56.3 Å². The van der Waals surface area contributed by atoms with Crippen LogP contribution >= 0.6 is 0 Å². The molecule has 2 aromatic carbocycles. The van der Waals surface area contributed by atoms with Crippen molar-refractivity contribution in [2.45, 2.75) is 26.2 Å². The summed E-state index contributed by atoms with van der Waals surface area (Å²) >= 11 is 0. The second-order valence-corrected chi connectivity index (χ2v) is 7.98. The van der Waals surface area contributed by atoms with Gasteiger partial charge < -0.3 is 10.4 Å². The molecule has 0 fully saturated rings. The molecule has 1 amide bonds. The minimum absolute atomic E-state index is 0.00450. The second kappa shape index (κ2) is 8.68. The molecule has 0 bridgehead atoms. The molecule has 27 heavy (non-hydrogen) atoms. The van der Waals surface area contributed by atoms with E-state index in [9.17, 15) is 18.0 Å². The molecule has 0 aliphatic rings. The molecule has 8 heteroatoms. The van der Waals surface area contributed by atoms with Crippen molar-refractivity contribution < 1.29 is 23.1 Å². The molecule has 2 aromatic rings. The van der Waals surface area contributed by atoms with E-state index >= 15 is 0 Å². The quantitative estimate of drug-likeness (QED) is 0.640. The molecular formula is C19H22N2O5S. The predicted molar refractivity (Wildman–Crippen MR) is 105 cm³/mol. The normalized spacial score (nSPS) is 12.2. The number of aliphatic carboxylic acids is 1. The zero-order chi connectivity index (χ0) is 20.0. The highest BCUT2D eigenvalue weighted by Gasteiger charge is 2.14. The second-order valence-electron chi connectivity index (χ2n) is 6.14. The average Bonchev–Trinajstić information content (AvgIpc) is 2.61. The lowest BCUT2D eigenvalue weighted by molar-refractivity contribution is -0.138. The maximum Gasteiger partial charge on any atom is 0.310 e. The number of hydrogen-bond donors (Lipinski definition) is 3. The van der Waals surface area contributed by atoms with Gasteiger partial charge in [-0.2, -0.15) is 0 Å². The molecule has 2 rings (SSSR count). The van der Waals surface area contributed by atoms with Gasteiger partial charge in [0.1, 0.15) is 0 Å². The molecule has 0 saturated heterocycles. The molecule has 0 aliphatic heterocycles. The van der Waals surface area contributed by atoms with E-state index in [1.807, 2.05) is 0 Å². The molecule has 0 aliphatic carbocycles. The van der Waals surface area contributed by atoms with Crippen molar-refractivity contribution in [3.8, 4) is 0 Å². The molecule has 7 nitrogen and oxygen atoms in total. The van der Waals surface area contributed by atoms with E-state index in [1.165, 1.54) is 6.07 Å². The minimum Gasteiger partial charge on any atom is -0.481 e. The molecule has 0 aromatic heterocycles. The number of carboxylic acid groups (broad SMARTS) is 1. The number of rotatable bonds is 8. The Kier molecular flexibility index (Phi) is 6.57. The highest BCUT2D eigenvalue weighted by molar-refractivity contribution is 7.92. The van der Waals surface area contributed by atoms with Crippen LogP contribution in [0.1, 0.15) is 42.1 Å². The SMILES string of the molecule is CCCS(=O)(=O)Nc1cccc(C(=O)Nc2ccc(C(C)C(=O)O)cc2)c1. The van der Waals surface area contributed by atoms with E-state index < -0.39 is 27.8 Å². The Morgan fingerprint density at radius 1 is 1.07 bits per heavy atom. The first-order chi connectivity index (χ1) is 12.7. The van der Waals surface area contributed by atoms with Gasteiger partial charge in [-0.1, -0.05) is 25.1 Å².